The largest absolute Gasteiger partial charge is 0.354 e. The molecule has 0 spiro atoms. The molecular weight excluding hydrogens is 485 g/mol. The highest BCUT2D eigenvalue weighted by Gasteiger charge is 2.19. The zero-order chi connectivity index (χ0) is 19.4. The van der Waals surface area contributed by atoms with Crippen LogP contribution in [0.3, 0.4) is 0 Å². The van der Waals surface area contributed by atoms with E-state index in [4.69, 9.17) is 4.98 Å². The fraction of sp³-hybridized carbons (Fsp3) is 0.632. The number of aliphatic imine (C=N–C) groups is 1. The highest BCUT2D eigenvalue weighted by molar-refractivity contribution is 14.0. The molecule has 28 heavy (non-hydrogen) atoms. The lowest BCUT2D eigenvalue weighted by atomic mass is 10.0. The summed E-state index contributed by atoms with van der Waals surface area (Å²) in [5.74, 6) is 0.888. The molecule has 1 N–H and O–H groups in total. The summed E-state index contributed by atoms with van der Waals surface area (Å²) in [6, 6.07) is 0.232. The molecule has 0 aromatic carbocycles. The van der Waals surface area contributed by atoms with Gasteiger partial charge in [-0.1, -0.05) is 0 Å². The number of nitrogens with one attached hydrogen (secondary N) is 1. The summed E-state index contributed by atoms with van der Waals surface area (Å²) < 4.78 is 1.84. The van der Waals surface area contributed by atoms with Gasteiger partial charge in [-0.05, 0) is 39.8 Å². The zero-order valence-corrected chi connectivity index (χ0v) is 20.6. The number of nitrogens with zero attached hydrogens (tertiary/aromatic N) is 6. The summed E-state index contributed by atoms with van der Waals surface area (Å²) in [7, 11) is 10.0. The van der Waals surface area contributed by atoms with Crippen molar-refractivity contribution in [2.75, 3.05) is 34.7 Å². The van der Waals surface area contributed by atoms with E-state index in [-0.39, 0.29) is 30.0 Å². The van der Waals surface area contributed by atoms with E-state index in [1.807, 2.05) is 36.3 Å². The van der Waals surface area contributed by atoms with Gasteiger partial charge in [0.15, 0.2) is 5.96 Å². The van der Waals surface area contributed by atoms with Gasteiger partial charge in [0.1, 0.15) is 5.01 Å². The Morgan fingerprint density at radius 3 is 2.68 bits per heavy atom. The van der Waals surface area contributed by atoms with E-state index in [1.165, 1.54) is 40.4 Å². The van der Waals surface area contributed by atoms with Crippen molar-refractivity contribution in [3.63, 3.8) is 0 Å². The molecule has 0 radical (unpaired) electrons. The van der Waals surface area contributed by atoms with Gasteiger partial charge in [0, 0.05) is 44.3 Å². The van der Waals surface area contributed by atoms with E-state index in [0.29, 0.717) is 0 Å². The molecule has 0 saturated heterocycles. The molecule has 7 nitrogen and oxygen atoms in total. The van der Waals surface area contributed by atoms with Crippen LogP contribution < -0.4 is 5.32 Å². The van der Waals surface area contributed by atoms with Gasteiger partial charge >= 0.3 is 0 Å². The number of aryl methyl sites for hydroxylation is 3. The van der Waals surface area contributed by atoms with Crippen LogP contribution in [0.4, 0.5) is 0 Å². The van der Waals surface area contributed by atoms with Crippen LogP contribution in [0.5, 0.6) is 0 Å². The summed E-state index contributed by atoms with van der Waals surface area (Å²) in [6.07, 6.45) is 8.90. The van der Waals surface area contributed by atoms with Gasteiger partial charge in [-0.25, -0.2) is 4.98 Å². The number of thiazole rings is 1. The average molecular weight is 517 g/mol. The number of fused-ring (bicyclic) bond motifs is 1. The van der Waals surface area contributed by atoms with Gasteiger partial charge in [-0.2, -0.15) is 5.10 Å². The number of likely N-dealkylation sites (N-methyl/N-ethyl adjacent to an activating group) is 1. The molecule has 2 aromatic heterocycles. The van der Waals surface area contributed by atoms with Crippen LogP contribution in [0, 0.1) is 0 Å². The predicted octanol–water partition coefficient (Wildman–Crippen LogP) is 2.68. The fourth-order valence-electron chi connectivity index (χ4n) is 3.53. The Morgan fingerprint density at radius 2 is 2.07 bits per heavy atom. The third kappa shape index (κ3) is 5.66. The minimum absolute atomic E-state index is 0. The number of rotatable bonds is 6. The Morgan fingerprint density at radius 1 is 1.32 bits per heavy atom. The second-order valence-corrected chi connectivity index (χ2v) is 8.56. The topological polar surface area (TPSA) is 61.6 Å². The average Bonchev–Trinajstić information content (AvgIpc) is 3.23. The van der Waals surface area contributed by atoms with E-state index in [0.717, 1.165) is 25.5 Å². The number of hydrogen-bond donors (Lipinski definition) is 1. The maximum atomic E-state index is 4.86. The van der Waals surface area contributed by atoms with E-state index < -0.39 is 0 Å². The minimum atomic E-state index is 0. The van der Waals surface area contributed by atoms with Crippen molar-refractivity contribution in [1.82, 2.24) is 29.9 Å². The quantitative estimate of drug-likeness (QED) is 0.363. The Bertz CT molecular complexity index is 760. The van der Waals surface area contributed by atoms with Crippen molar-refractivity contribution in [1.29, 1.82) is 0 Å². The van der Waals surface area contributed by atoms with Crippen LogP contribution in [0.1, 0.15) is 40.0 Å². The third-order valence-corrected chi connectivity index (χ3v) is 6.16. The van der Waals surface area contributed by atoms with Crippen molar-refractivity contribution in [2.24, 2.45) is 12.0 Å². The van der Waals surface area contributed by atoms with Crippen LogP contribution in [-0.2, 0) is 26.4 Å². The smallest absolute Gasteiger partial charge is 0.193 e. The Kier molecular flexibility index (Phi) is 8.69. The van der Waals surface area contributed by atoms with Crippen molar-refractivity contribution < 1.29 is 0 Å². The Hall–Kier alpha value is -1.20. The van der Waals surface area contributed by atoms with Crippen molar-refractivity contribution in [2.45, 2.75) is 38.3 Å². The minimum Gasteiger partial charge on any atom is -0.354 e. The molecule has 0 saturated carbocycles. The molecule has 2 aromatic rings. The number of halogens is 1. The standard InChI is InChI=1S/C19H31N7S.HI/c1-20-19(21-11-16(24(2)3)14-10-22-26(5)12-14)25(4)13-18-23-15-8-6-7-9-17(15)27-18;/h10,12,16H,6-9,11,13H2,1-5H3,(H,20,21);1H. The third-order valence-electron chi connectivity index (χ3n) is 5.02. The molecule has 1 atom stereocenters. The molecule has 1 unspecified atom stereocenters. The second kappa shape index (κ2) is 10.5. The molecule has 1 aliphatic rings. The molecule has 0 aliphatic heterocycles. The lowest BCUT2D eigenvalue weighted by molar-refractivity contribution is 0.295. The maximum Gasteiger partial charge on any atom is 0.193 e. The van der Waals surface area contributed by atoms with Gasteiger partial charge in [-0.3, -0.25) is 9.67 Å². The first kappa shape index (κ1) is 23.1. The van der Waals surface area contributed by atoms with Crippen LogP contribution in [0.15, 0.2) is 17.4 Å². The van der Waals surface area contributed by atoms with Crippen molar-refractivity contribution in [3.8, 4) is 0 Å². The maximum absolute atomic E-state index is 4.86. The summed E-state index contributed by atoms with van der Waals surface area (Å²) >= 11 is 1.87. The molecule has 9 heteroatoms. The normalized spacial score (nSPS) is 15.1. The first-order valence-corrected chi connectivity index (χ1v) is 10.3. The number of hydrogen-bond acceptors (Lipinski definition) is 5. The summed E-state index contributed by atoms with van der Waals surface area (Å²) in [5, 5.41) is 9.00. The monoisotopic (exact) mass is 517 g/mol. The highest BCUT2D eigenvalue weighted by atomic mass is 127. The fourth-order valence-corrected chi connectivity index (χ4v) is 4.74. The molecule has 2 heterocycles. The van der Waals surface area contributed by atoms with Crippen LogP contribution >= 0.6 is 35.3 Å². The number of guanidine groups is 1. The van der Waals surface area contributed by atoms with Gasteiger partial charge in [0.2, 0.25) is 0 Å². The summed E-state index contributed by atoms with van der Waals surface area (Å²) in [6.45, 7) is 1.56. The van der Waals surface area contributed by atoms with Crippen molar-refractivity contribution >= 4 is 41.3 Å². The SMILES string of the molecule is CN=C(NCC(c1cnn(C)c1)N(C)C)N(C)Cc1nc2c(s1)CCCC2.I. The Balaban J connectivity index is 0.00000280. The molecule has 0 fully saturated rings. The van der Waals surface area contributed by atoms with Crippen LogP contribution in [0.25, 0.3) is 0 Å². The van der Waals surface area contributed by atoms with Gasteiger partial charge < -0.3 is 15.1 Å². The van der Waals surface area contributed by atoms with Gasteiger partial charge in [0.05, 0.1) is 24.5 Å². The Labute approximate surface area is 189 Å². The lowest BCUT2D eigenvalue weighted by Crippen LogP contribution is -2.42. The number of aromatic nitrogens is 3. The summed E-state index contributed by atoms with van der Waals surface area (Å²) in [4.78, 5) is 15.2. The van der Waals surface area contributed by atoms with Gasteiger partial charge in [-0.15, -0.1) is 35.3 Å². The molecule has 156 valence electrons. The van der Waals surface area contributed by atoms with E-state index >= 15 is 0 Å². The predicted molar refractivity (Wildman–Crippen MR) is 127 cm³/mol. The van der Waals surface area contributed by atoms with E-state index in [9.17, 15) is 0 Å². The first-order valence-electron chi connectivity index (χ1n) is 9.52. The second-order valence-electron chi connectivity index (χ2n) is 7.40. The van der Waals surface area contributed by atoms with Crippen LogP contribution in [-0.4, -0.2) is 65.3 Å². The molecule has 1 aliphatic carbocycles. The lowest BCUT2D eigenvalue weighted by Gasteiger charge is -2.27. The highest BCUT2D eigenvalue weighted by Crippen LogP contribution is 2.27. The summed E-state index contributed by atoms with van der Waals surface area (Å²) in [5.41, 5.74) is 2.52. The van der Waals surface area contributed by atoms with Crippen LogP contribution in [0.2, 0.25) is 0 Å². The van der Waals surface area contributed by atoms with Gasteiger partial charge in [0.25, 0.3) is 0 Å². The molecule has 0 bridgehead atoms. The zero-order valence-electron chi connectivity index (χ0n) is 17.5. The van der Waals surface area contributed by atoms with E-state index in [1.54, 1.807) is 0 Å². The van der Waals surface area contributed by atoms with E-state index in [2.05, 4.69) is 52.5 Å². The first-order chi connectivity index (χ1) is 13.0. The van der Waals surface area contributed by atoms with Crippen molar-refractivity contribution in [3.05, 3.63) is 33.5 Å². The molecular formula is C19H32IN7S. The molecule has 0 amide bonds. The molecule has 3 rings (SSSR count).